The number of para-hydroxylation sites is 3. The minimum atomic E-state index is 0.888. The van der Waals surface area contributed by atoms with Crippen LogP contribution in [0.2, 0.25) is 0 Å². The molecule has 50 heavy (non-hydrogen) atoms. The summed E-state index contributed by atoms with van der Waals surface area (Å²) in [5.74, 6) is 0. The van der Waals surface area contributed by atoms with Crippen molar-refractivity contribution < 1.29 is 4.42 Å². The van der Waals surface area contributed by atoms with Gasteiger partial charge < -0.3 is 13.9 Å². The van der Waals surface area contributed by atoms with Crippen molar-refractivity contribution in [2.45, 2.75) is 0 Å². The lowest BCUT2D eigenvalue weighted by Crippen LogP contribution is -2.10. The lowest BCUT2D eigenvalue weighted by Gasteiger charge is -2.26. The molecule has 0 unspecified atom stereocenters. The number of benzene rings is 8. The molecule has 0 atom stereocenters. The third-order valence-corrected chi connectivity index (χ3v) is 10.6. The zero-order valence-electron chi connectivity index (χ0n) is 27.0. The summed E-state index contributed by atoms with van der Waals surface area (Å²) in [5.41, 5.74) is 8.37. The molecule has 2 heterocycles. The predicted octanol–water partition coefficient (Wildman–Crippen LogP) is 13.6. The van der Waals surface area contributed by atoms with Gasteiger partial charge in [-0.2, -0.15) is 0 Å². The van der Waals surface area contributed by atoms with E-state index in [0.717, 1.165) is 55.7 Å². The van der Waals surface area contributed by atoms with E-state index in [1.165, 1.54) is 30.9 Å². The first-order chi connectivity index (χ1) is 24.8. The molecule has 4 bridgehead atoms. The van der Waals surface area contributed by atoms with Crippen molar-refractivity contribution in [2.24, 2.45) is 0 Å². The topological polar surface area (TPSA) is 21.3 Å². The summed E-state index contributed by atoms with van der Waals surface area (Å²) in [6, 6.07) is 65.3. The van der Waals surface area contributed by atoms with Gasteiger partial charge >= 0.3 is 0 Å². The molecule has 0 N–H and O–H groups in total. The van der Waals surface area contributed by atoms with Crippen molar-refractivity contribution in [2.75, 3.05) is 4.90 Å². The van der Waals surface area contributed by atoms with Crippen LogP contribution in [-0.2, 0) is 0 Å². The summed E-state index contributed by atoms with van der Waals surface area (Å²) < 4.78 is 11.0. The average molecular weight is 659 g/mol. The Morgan fingerprint density at radius 1 is 0.420 bits per heavy atom. The SMILES string of the molecule is c1ccc(N(c2ccc(-n3c4cccc(c4)sc4ccc5cccc(c5c4)c4ccccc43)cc2)c2ccc3oc4ccccc4c3c2)cc1. The molecule has 0 spiro atoms. The van der Waals surface area contributed by atoms with E-state index in [2.05, 4.69) is 179 Å². The van der Waals surface area contributed by atoms with E-state index in [-0.39, 0.29) is 0 Å². The van der Waals surface area contributed by atoms with Crippen molar-refractivity contribution in [1.29, 1.82) is 0 Å². The average Bonchev–Trinajstić information content (AvgIpc) is 3.54. The van der Waals surface area contributed by atoms with Gasteiger partial charge in [-0.25, -0.2) is 0 Å². The van der Waals surface area contributed by atoms with E-state index in [1.807, 2.05) is 23.5 Å². The second-order valence-electron chi connectivity index (χ2n) is 12.6. The fraction of sp³-hybridized carbons (Fsp3) is 0. The van der Waals surface area contributed by atoms with E-state index >= 15 is 0 Å². The summed E-state index contributed by atoms with van der Waals surface area (Å²) in [4.78, 5) is 2.32. The van der Waals surface area contributed by atoms with E-state index in [4.69, 9.17) is 4.42 Å². The molecule has 0 aliphatic rings. The molecule has 0 radical (unpaired) electrons. The Kier molecular flexibility index (Phi) is 6.68. The molecule has 0 amide bonds. The number of furan rings is 1. The van der Waals surface area contributed by atoms with Crippen LogP contribution >= 0.6 is 11.3 Å². The number of aromatic nitrogens is 1. The molecule has 236 valence electrons. The maximum atomic E-state index is 6.18. The standard InChI is InChI=1S/C46H30N2OS/c1-2-11-32(12-3-1)47(36-25-27-46-43(29-36)41-16-5-7-19-45(41)49-46)33-21-23-34(24-22-33)48-35-13-9-14-37(28-35)50-38-26-20-31-10-8-17-39(42(31)30-38)40-15-4-6-18-44(40)48/h1-30H. The minimum Gasteiger partial charge on any atom is -0.456 e. The molecule has 0 saturated heterocycles. The van der Waals surface area contributed by atoms with Gasteiger partial charge in [0, 0.05) is 53.8 Å². The van der Waals surface area contributed by atoms with Crippen molar-refractivity contribution >= 4 is 92.3 Å². The summed E-state index contributed by atoms with van der Waals surface area (Å²) in [7, 11) is 0. The van der Waals surface area contributed by atoms with Crippen molar-refractivity contribution in [1.82, 2.24) is 4.57 Å². The lowest BCUT2D eigenvalue weighted by molar-refractivity contribution is 0.669. The van der Waals surface area contributed by atoms with Crippen LogP contribution in [-0.4, -0.2) is 4.57 Å². The van der Waals surface area contributed by atoms with Crippen LogP contribution in [0.1, 0.15) is 0 Å². The molecule has 0 saturated carbocycles. The molecule has 4 heteroatoms. The highest BCUT2D eigenvalue weighted by Crippen LogP contribution is 2.39. The molecule has 0 aliphatic heterocycles. The Morgan fingerprint density at radius 3 is 2.02 bits per heavy atom. The molecule has 8 aromatic carbocycles. The Morgan fingerprint density at radius 2 is 1.12 bits per heavy atom. The van der Waals surface area contributed by atoms with Gasteiger partial charge in [0.2, 0.25) is 0 Å². The molecule has 2 aromatic heterocycles. The maximum absolute atomic E-state index is 6.18. The van der Waals surface area contributed by atoms with Crippen LogP contribution in [0.15, 0.2) is 186 Å². The Labute approximate surface area is 292 Å². The van der Waals surface area contributed by atoms with E-state index < -0.39 is 0 Å². The molecular weight excluding hydrogens is 629 g/mol. The largest absolute Gasteiger partial charge is 0.456 e. The van der Waals surface area contributed by atoms with Crippen molar-refractivity contribution in [3.05, 3.63) is 182 Å². The minimum absolute atomic E-state index is 0.888. The van der Waals surface area contributed by atoms with Gasteiger partial charge in [0.15, 0.2) is 0 Å². The zero-order chi connectivity index (χ0) is 33.0. The summed E-state index contributed by atoms with van der Waals surface area (Å²) in [6.07, 6.45) is 0. The quantitative estimate of drug-likeness (QED) is 0.188. The maximum Gasteiger partial charge on any atom is 0.135 e. The van der Waals surface area contributed by atoms with Crippen LogP contribution in [0.4, 0.5) is 17.1 Å². The lowest BCUT2D eigenvalue weighted by atomic mass is 10.0. The third-order valence-electron chi connectivity index (χ3n) is 9.60. The molecule has 0 fully saturated rings. The second-order valence-corrected chi connectivity index (χ2v) is 13.8. The highest BCUT2D eigenvalue weighted by atomic mass is 32.1. The van der Waals surface area contributed by atoms with Gasteiger partial charge in [0.05, 0.1) is 5.52 Å². The van der Waals surface area contributed by atoms with Gasteiger partial charge in [-0.3, -0.25) is 0 Å². The summed E-state index contributed by atoms with van der Waals surface area (Å²) in [5, 5.41) is 7.15. The number of rotatable bonds is 4. The Balaban J connectivity index is 1.21. The molecule has 10 aromatic rings. The first-order valence-corrected chi connectivity index (χ1v) is 17.7. The van der Waals surface area contributed by atoms with Gasteiger partial charge in [-0.05, 0) is 113 Å². The molecular formula is C46H30N2OS. The van der Waals surface area contributed by atoms with Crippen molar-refractivity contribution in [3.8, 4) is 5.69 Å². The monoisotopic (exact) mass is 658 g/mol. The van der Waals surface area contributed by atoms with Gasteiger partial charge in [-0.1, -0.05) is 84.9 Å². The Bertz CT molecular complexity index is 2930. The van der Waals surface area contributed by atoms with Gasteiger partial charge in [0.1, 0.15) is 11.2 Å². The summed E-state index contributed by atoms with van der Waals surface area (Å²) in [6.45, 7) is 0. The number of fused-ring (bicyclic) bond motifs is 8. The van der Waals surface area contributed by atoms with Gasteiger partial charge in [-0.15, -0.1) is 11.3 Å². The fourth-order valence-corrected chi connectivity index (χ4v) is 8.24. The second kappa shape index (κ2) is 11.7. The van der Waals surface area contributed by atoms with E-state index in [0.29, 0.717) is 0 Å². The third kappa shape index (κ3) is 4.80. The predicted molar refractivity (Wildman–Crippen MR) is 213 cm³/mol. The van der Waals surface area contributed by atoms with Crippen LogP contribution < -0.4 is 4.90 Å². The smallest absolute Gasteiger partial charge is 0.135 e. The molecule has 0 aliphatic carbocycles. The highest BCUT2D eigenvalue weighted by molar-refractivity contribution is 7.22. The Hall–Kier alpha value is -6.36. The van der Waals surface area contributed by atoms with Crippen LogP contribution in [0, 0.1) is 0 Å². The van der Waals surface area contributed by atoms with Crippen LogP contribution in [0.5, 0.6) is 0 Å². The van der Waals surface area contributed by atoms with E-state index in [9.17, 15) is 0 Å². The first-order valence-electron chi connectivity index (χ1n) is 16.8. The normalized spacial score (nSPS) is 11.6. The van der Waals surface area contributed by atoms with Crippen LogP contribution in [0.25, 0.3) is 69.6 Å². The number of hydrogen-bond acceptors (Lipinski definition) is 3. The van der Waals surface area contributed by atoms with E-state index in [1.54, 1.807) is 0 Å². The molecule has 10 rings (SSSR count). The summed E-state index contributed by atoms with van der Waals surface area (Å²) >= 11 is 1.81. The fourth-order valence-electron chi connectivity index (χ4n) is 7.32. The number of nitrogens with zero attached hydrogens (tertiary/aromatic N) is 2. The number of hydrogen-bond donors (Lipinski definition) is 0. The van der Waals surface area contributed by atoms with Crippen LogP contribution in [0.3, 0.4) is 0 Å². The molecule has 3 nitrogen and oxygen atoms in total. The first kappa shape index (κ1) is 28.6. The number of anilines is 3. The highest BCUT2D eigenvalue weighted by Gasteiger charge is 2.16. The van der Waals surface area contributed by atoms with Crippen molar-refractivity contribution in [3.63, 3.8) is 0 Å². The van der Waals surface area contributed by atoms with Gasteiger partial charge in [0.25, 0.3) is 0 Å². The zero-order valence-corrected chi connectivity index (χ0v) is 27.8.